The summed E-state index contributed by atoms with van der Waals surface area (Å²) in [4.78, 5) is 0. The average Bonchev–Trinajstić information content (AvgIpc) is 2.75. The van der Waals surface area contributed by atoms with Crippen LogP contribution in [0.25, 0.3) is 0 Å². The molecule has 1 atom stereocenters. The number of rotatable bonds is 1. The van der Waals surface area contributed by atoms with Gasteiger partial charge in [0, 0.05) is 0 Å². The summed E-state index contributed by atoms with van der Waals surface area (Å²) in [6, 6.07) is 0. The van der Waals surface area contributed by atoms with Crippen molar-refractivity contribution in [2.75, 3.05) is 0 Å². The van der Waals surface area contributed by atoms with Crippen molar-refractivity contribution in [2.24, 2.45) is 5.41 Å². The molecule has 0 saturated carbocycles. The summed E-state index contributed by atoms with van der Waals surface area (Å²) in [6.45, 7) is 11.2. The fraction of sp³-hybridized carbons (Fsp3) is 0.467. The Morgan fingerprint density at radius 3 is 2.12 bits per heavy atom. The van der Waals surface area contributed by atoms with Crippen molar-refractivity contribution in [2.45, 2.75) is 41.0 Å². The number of hydrogen-bond acceptors (Lipinski definition) is 0. The van der Waals surface area contributed by atoms with Gasteiger partial charge < -0.3 is 0 Å². The molecule has 16 heavy (non-hydrogen) atoms. The van der Waals surface area contributed by atoms with Crippen LogP contribution in [0, 0.1) is 5.41 Å². The zero-order valence-electron chi connectivity index (χ0n) is 10.7. The second-order valence-corrected chi connectivity index (χ2v) is 5.58. The molecule has 2 aliphatic carbocycles. The Labute approximate surface area is 107 Å². The molecule has 0 amide bonds. The van der Waals surface area contributed by atoms with Crippen LogP contribution in [0.4, 0.5) is 0 Å². The topological polar surface area (TPSA) is 0 Å². The third kappa shape index (κ3) is 1.34. The maximum atomic E-state index is 4.83. The van der Waals surface area contributed by atoms with Gasteiger partial charge in [0.1, 0.15) is 0 Å². The van der Waals surface area contributed by atoms with Gasteiger partial charge in [0.05, 0.1) is 0 Å². The molecule has 0 fully saturated rings. The number of hydrogen-bond donors (Lipinski definition) is 0. The van der Waals surface area contributed by atoms with E-state index in [2.05, 4.69) is 46.8 Å². The SMILES string of the molecule is CC1=C(C2(C)C(C)=C(C)C(C)=[C]2[Co])CC=C1. The summed E-state index contributed by atoms with van der Waals surface area (Å²) in [5.74, 6) is 0. The fourth-order valence-electron chi connectivity index (χ4n) is 2.91. The van der Waals surface area contributed by atoms with E-state index < -0.39 is 0 Å². The second kappa shape index (κ2) is 3.75. The number of allylic oxidation sites excluding steroid dienone is 8. The molecule has 0 saturated heterocycles. The van der Waals surface area contributed by atoms with Gasteiger partial charge in [0.2, 0.25) is 0 Å². The van der Waals surface area contributed by atoms with Crippen LogP contribution in [-0.2, 0) is 15.7 Å². The van der Waals surface area contributed by atoms with Crippen molar-refractivity contribution >= 4 is 0 Å². The molecular weight excluding hydrogens is 239 g/mol. The summed E-state index contributed by atoms with van der Waals surface area (Å²) in [7, 11) is 0. The van der Waals surface area contributed by atoms with E-state index >= 15 is 0 Å². The minimum absolute atomic E-state index is 0.0434. The molecule has 0 radical (unpaired) electrons. The standard InChI is InChI=1S/C15H19.Co/c1-10-7-6-8-14(10)15(5)9-11(2)12(3)13(15)4;/h6-7H,8H2,1-5H3;. The van der Waals surface area contributed by atoms with Gasteiger partial charge in [-0.2, -0.15) is 0 Å². The third-order valence-electron chi connectivity index (χ3n) is 4.37. The van der Waals surface area contributed by atoms with Crippen LogP contribution in [0.15, 0.2) is 44.5 Å². The Balaban J connectivity index is 2.61. The predicted octanol–water partition coefficient (Wildman–Crippen LogP) is 4.44. The predicted molar refractivity (Wildman–Crippen MR) is 65.6 cm³/mol. The fourth-order valence-corrected chi connectivity index (χ4v) is 3.46. The molecule has 0 heterocycles. The molecule has 0 spiro atoms. The summed E-state index contributed by atoms with van der Waals surface area (Å²) in [5.41, 5.74) is 7.21. The van der Waals surface area contributed by atoms with Crippen molar-refractivity contribution < 1.29 is 15.7 Å². The maximum absolute atomic E-state index is 4.83. The summed E-state index contributed by atoms with van der Waals surface area (Å²) in [6.07, 6.45) is 5.56. The Hall–Kier alpha value is -0.534. The molecule has 2 aliphatic rings. The Bertz CT molecular complexity index is 446. The molecule has 0 aromatic heterocycles. The van der Waals surface area contributed by atoms with Gasteiger partial charge in [-0.05, 0) is 0 Å². The van der Waals surface area contributed by atoms with Crippen molar-refractivity contribution in [3.63, 3.8) is 0 Å². The Kier molecular flexibility index (Phi) is 2.79. The van der Waals surface area contributed by atoms with E-state index in [9.17, 15) is 0 Å². The molecule has 1 heteroatoms. The summed E-state index contributed by atoms with van der Waals surface area (Å²) in [5, 5.41) is 0. The second-order valence-electron chi connectivity index (χ2n) is 5.06. The van der Waals surface area contributed by atoms with Crippen LogP contribution in [0.2, 0.25) is 0 Å². The first-order chi connectivity index (χ1) is 7.40. The van der Waals surface area contributed by atoms with Crippen molar-refractivity contribution in [1.82, 2.24) is 0 Å². The van der Waals surface area contributed by atoms with Gasteiger partial charge in [0.25, 0.3) is 0 Å². The van der Waals surface area contributed by atoms with Gasteiger partial charge in [-0.15, -0.1) is 0 Å². The van der Waals surface area contributed by atoms with E-state index in [1.165, 1.54) is 32.4 Å². The van der Waals surface area contributed by atoms with Crippen LogP contribution >= 0.6 is 0 Å². The zero-order chi connectivity index (χ0) is 12.1. The monoisotopic (exact) mass is 258 g/mol. The van der Waals surface area contributed by atoms with Crippen molar-refractivity contribution in [1.29, 1.82) is 0 Å². The molecule has 0 aromatic carbocycles. The molecule has 0 N–H and O–H groups in total. The summed E-state index contributed by atoms with van der Waals surface area (Å²) < 4.78 is 1.23. The van der Waals surface area contributed by atoms with Gasteiger partial charge >= 0.3 is 107 Å². The van der Waals surface area contributed by atoms with E-state index in [1.807, 2.05) is 0 Å². The van der Waals surface area contributed by atoms with Crippen molar-refractivity contribution in [3.8, 4) is 0 Å². The first kappa shape index (κ1) is 11.9. The minimum atomic E-state index is 0.0434. The first-order valence-electron chi connectivity index (χ1n) is 5.80. The van der Waals surface area contributed by atoms with E-state index in [4.69, 9.17) is 15.7 Å². The molecule has 0 nitrogen and oxygen atoms in total. The quantitative estimate of drug-likeness (QED) is 0.652. The van der Waals surface area contributed by atoms with Gasteiger partial charge in [-0.3, -0.25) is 0 Å². The summed E-state index contributed by atoms with van der Waals surface area (Å²) >= 11 is 4.83. The van der Waals surface area contributed by atoms with Crippen LogP contribution in [-0.4, -0.2) is 0 Å². The van der Waals surface area contributed by atoms with E-state index in [0.717, 1.165) is 6.42 Å². The molecule has 0 aliphatic heterocycles. The molecule has 88 valence electrons. The van der Waals surface area contributed by atoms with Gasteiger partial charge in [0.15, 0.2) is 0 Å². The van der Waals surface area contributed by atoms with E-state index in [1.54, 1.807) is 0 Å². The molecule has 0 aromatic rings. The van der Waals surface area contributed by atoms with Crippen LogP contribution in [0.3, 0.4) is 0 Å². The normalized spacial score (nSPS) is 30.2. The Morgan fingerprint density at radius 1 is 1.12 bits per heavy atom. The molecular formula is C15H19Co. The molecule has 2 rings (SSSR count). The van der Waals surface area contributed by atoms with E-state index in [-0.39, 0.29) is 5.41 Å². The first-order valence-corrected chi connectivity index (χ1v) is 6.32. The van der Waals surface area contributed by atoms with Gasteiger partial charge in [-0.1, -0.05) is 0 Å². The van der Waals surface area contributed by atoms with Crippen LogP contribution in [0.1, 0.15) is 41.0 Å². The van der Waals surface area contributed by atoms with Crippen LogP contribution in [0.5, 0.6) is 0 Å². The van der Waals surface area contributed by atoms with Gasteiger partial charge in [-0.25, -0.2) is 0 Å². The zero-order valence-corrected chi connectivity index (χ0v) is 11.7. The average molecular weight is 258 g/mol. The molecule has 1 unspecified atom stereocenters. The Morgan fingerprint density at radius 2 is 1.75 bits per heavy atom. The van der Waals surface area contributed by atoms with E-state index in [0.29, 0.717) is 0 Å². The van der Waals surface area contributed by atoms with Crippen LogP contribution < -0.4 is 0 Å². The third-order valence-corrected chi connectivity index (χ3v) is 5.28. The molecule has 0 bridgehead atoms. The van der Waals surface area contributed by atoms with Crippen molar-refractivity contribution in [3.05, 3.63) is 44.5 Å².